The highest BCUT2D eigenvalue weighted by atomic mass is 32.2. The molecular weight excluding hydrogens is 206 g/mol. The van der Waals surface area contributed by atoms with Crippen molar-refractivity contribution in [1.82, 2.24) is 0 Å². The first kappa shape index (κ1) is 10.5. The second kappa shape index (κ2) is 3.88. The van der Waals surface area contributed by atoms with Crippen molar-refractivity contribution in [2.24, 2.45) is 0 Å². The van der Waals surface area contributed by atoms with Crippen LogP contribution >= 0.6 is 11.8 Å². The maximum absolute atomic E-state index is 9.27. The normalized spacial score (nSPS) is 29.3. The highest BCUT2D eigenvalue weighted by Gasteiger charge is 2.44. The van der Waals surface area contributed by atoms with E-state index in [4.69, 9.17) is 5.26 Å². The minimum atomic E-state index is -0.394. The number of thioether (sulfide) groups is 1. The molecule has 1 fully saturated rings. The molecule has 0 saturated heterocycles. The van der Waals surface area contributed by atoms with Crippen LogP contribution in [-0.4, -0.2) is 16.0 Å². The van der Waals surface area contributed by atoms with Crippen molar-refractivity contribution in [3.63, 3.8) is 0 Å². The molecule has 0 heterocycles. The molecule has 0 bridgehead atoms. The molecule has 2 nitrogen and oxygen atoms in total. The van der Waals surface area contributed by atoms with E-state index in [1.165, 1.54) is 5.56 Å². The van der Waals surface area contributed by atoms with Crippen molar-refractivity contribution in [2.75, 3.05) is 0 Å². The Morgan fingerprint density at radius 1 is 1.40 bits per heavy atom. The Labute approximate surface area is 93.9 Å². The molecule has 78 valence electrons. The average molecular weight is 219 g/mol. The molecule has 3 heteroatoms. The lowest BCUT2D eigenvalue weighted by molar-refractivity contribution is 0.0803. The summed E-state index contributed by atoms with van der Waals surface area (Å²) in [5.41, 5.74) is 1.22. The number of aryl methyl sites for hydroxylation is 1. The smallest absolute Gasteiger partial charge is 0.112 e. The van der Waals surface area contributed by atoms with Gasteiger partial charge in [0.1, 0.15) is 4.75 Å². The molecule has 1 N–H and O–H groups in total. The molecule has 1 saturated carbocycles. The Morgan fingerprint density at radius 3 is 2.47 bits per heavy atom. The van der Waals surface area contributed by atoms with Crippen molar-refractivity contribution in [1.29, 1.82) is 5.26 Å². The van der Waals surface area contributed by atoms with Gasteiger partial charge in [0.2, 0.25) is 0 Å². The minimum absolute atomic E-state index is 0.289. The fraction of sp³-hybridized carbons (Fsp3) is 0.417. The molecule has 0 unspecified atom stereocenters. The van der Waals surface area contributed by atoms with Crippen LogP contribution in [0.3, 0.4) is 0 Å². The first-order valence-corrected chi connectivity index (χ1v) is 5.80. The second-order valence-corrected chi connectivity index (χ2v) is 5.54. The first-order chi connectivity index (χ1) is 7.13. The van der Waals surface area contributed by atoms with Gasteiger partial charge in [-0.3, -0.25) is 0 Å². The van der Waals surface area contributed by atoms with Gasteiger partial charge >= 0.3 is 0 Å². The molecular formula is C12H13NOS. The zero-order valence-corrected chi connectivity index (χ0v) is 9.42. The standard InChI is InChI=1S/C12H13NOS/c1-9-2-4-11(5-3-9)15-12(8-13)6-10(14)7-12/h2-5,10,14H,6-7H2,1H3. The van der Waals surface area contributed by atoms with Gasteiger partial charge in [0.15, 0.2) is 0 Å². The van der Waals surface area contributed by atoms with Gasteiger partial charge < -0.3 is 5.11 Å². The number of nitrogens with zero attached hydrogens (tertiary/aromatic N) is 1. The van der Waals surface area contributed by atoms with E-state index in [0.29, 0.717) is 12.8 Å². The molecule has 0 atom stereocenters. The number of benzene rings is 1. The van der Waals surface area contributed by atoms with Crippen LogP contribution in [0.1, 0.15) is 18.4 Å². The van der Waals surface area contributed by atoms with Crippen LogP contribution in [0.15, 0.2) is 29.2 Å². The Balaban J connectivity index is 2.09. The monoisotopic (exact) mass is 219 g/mol. The van der Waals surface area contributed by atoms with E-state index in [9.17, 15) is 5.11 Å². The van der Waals surface area contributed by atoms with Gasteiger partial charge in [-0.15, -0.1) is 11.8 Å². The van der Waals surface area contributed by atoms with Crippen LogP contribution in [0, 0.1) is 18.3 Å². The van der Waals surface area contributed by atoms with Crippen LogP contribution in [0.25, 0.3) is 0 Å². The molecule has 0 amide bonds. The number of rotatable bonds is 2. The summed E-state index contributed by atoms with van der Waals surface area (Å²) in [4.78, 5) is 1.11. The second-order valence-electron chi connectivity index (χ2n) is 4.08. The molecule has 0 radical (unpaired) electrons. The van der Waals surface area contributed by atoms with E-state index in [1.54, 1.807) is 11.8 Å². The highest BCUT2D eigenvalue weighted by molar-refractivity contribution is 8.01. The van der Waals surface area contributed by atoms with Gasteiger partial charge in [-0.1, -0.05) is 17.7 Å². The molecule has 15 heavy (non-hydrogen) atoms. The predicted octanol–water partition coefficient (Wildman–Crippen LogP) is 2.50. The van der Waals surface area contributed by atoms with E-state index < -0.39 is 4.75 Å². The van der Waals surface area contributed by atoms with Crippen LogP contribution in [-0.2, 0) is 0 Å². The third kappa shape index (κ3) is 2.17. The molecule has 0 spiro atoms. The third-order valence-electron chi connectivity index (χ3n) is 2.67. The van der Waals surface area contributed by atoms with E-state index in [-0.39, 0.29) is 6.10 Å². The Bertz CT molecular complexity index is 387. The predicted molar refractivity (Wildman–Crippen MR) is 60.6 cm³/mol. The van der Waals surface area contributed by atoms with Crippen molar-refractivity contribution in [2.45, 2.75) is 35.5 Å². The highest BCUT2D eigenvalue weighted by Crippen LogP contribution is 2.47. The number of hydrogen-bond donors (Lipinski definition) is 1. The van der Waals surface area contributed by atoms with E-state index >= 15 is 0 Å². The van der Waals surface area contributed by atoms with Crippen molar-refractivity contribution >= 4 is 11.8 Å². The summed E-state index contributed by atoms with van der Waals surface area (Å²) >= 11 is 1.57. The number of nitriles is 1. The number of hydrogen-bond acceptors (Lipinski definition) is 3. The molecule has 0 aromatic heterocycles. The van der Waals surface area contributed by atoms with Crippen LogP contribution in [0.2, 0.25) is 0 Å². The quantitative estimate of drug-likeness (QED) is 0.831. The summed E-state index contributed by atoms with van der Waals surface area (Å²) in [5, 5.41) is 18.4. The lowest BCUT2D eigenvalue weighted by Crippen LogP contribution is -2.43. The van der Waals surface area contributed by atoms with Gasteiger partial charge in [0.25, 0.3) is 0 Å². The summed E-state index contributed by atoms with van der Waals surface area (Å²) < 4.78 is -0.394. The van der Waals surface area contributed by atoms with Crippen LogP contribution in [0.5, 0.6) is 0 Å². The largest absolute Gasteiger partial charge is 0.393 e. The fourth-order valence-corrected chi connectivity index (χ4v) is 3.05. The molecule has 2 rings (SSSR count). The summed E-state index contributed by atoms with van der Waals surface area (Å²) in [5.74, 6) is 0. The third-order valence-corrected chi connectivity index (χ3v) is 3.99. The lowest BCUT2D eigenvalue weighted by Gasteiger charge is -2.38. The summed E-state index contributed by atoms with van der Waals surface area (Å²) in [6, 6.07) is 10.5. The van der Waals surface area contributed by atoms with E-state index in [1.807, 2.05) is 31.2 Å². The Hall–Kier alpha value is -0.980. The van der Waals surface area contributed by atoms with E-state index in [0.717, 1.165) is 4.90 Å². The zero-order valence-electron chi connectivity index (χ0n) is 8.60. The van der Waals surface area contributed by atoms with E-state index in [2.05, 4.69) is 6.07 Å². The minimum Gasteiger partial charge on any atom is -0.393 e. The zero-order chi connectivity index (χ0) is 10.9. The van der Waals surface area contributed by atoms with Crippen LogP contribution < -0.4 is 0 Å². The Kier molecular flexibility index (Phi) is 2.72. The molecule has 0 aliphatic heterocycles. The lowest BCUT2D eigenvalue weighted by atomic mass is 9.82. The maximum Gasteiger partial charge on any atom is 0.112 e. The first-order valence-electron chi connectivity index (χ1n) is 4.99. The molecule has 1 aliphatic rings. The maximum atomic E-state index is 9.27. The van der Waals surface area contributed by atoms with Gasteiger partial charge in [-0.05, 0) is 19.1 Å². The molecule has 1 aliphatic carbocycles. The Morgan fingerprint density at radius 2 is 2.00 bits per heavy atom. The average Bonchev–Trinajstić information content (AvgIpc) is 2.18. The fourth-order valence-electron chi connectivity index (χ4n) is 1.73. The topological polar surface area (TPSA) is 44.0 Å². The van der Waals surface area contributed by atoms with Gasteiger partial charge in [0, 0.05) is 17.7 Å². The van der Waals surface area contributed by atoms with Crippen molar-refractivity contribution in [3.05, 3.63) is 29.8 Å². The SMILES string of the molecule is Cc1ccc(SC2(C#N)CC(O)C2)cc1. The molecule has 1 aromatic carbocycles. The van der Waals surface area contributed by atoms with Gasteiger partial charge in [0.05, 0.1) is 12.2 Å². The number of aliphatic hydroxyl groups excluding tert-OH is 1. The molecule has 1 aromatic rings. The summed E-state index contributed by atoms with van der Waals surface area (Å²) in [7, 11) is 0. The van der Waals surface area contributed by atoms with Gasteiger partial charge in [-0.25, -0.2) is 0 Å². The number of aliphatic hydroxyl groups is 1. The van der Waals surface area contributed by atoms with Crippen molar-refractivity contribution < 1.29 is 5.11 Å². The summed E-state index contributed by atoms with van der Waals surface area (Å²) in [6.07, 6.45) is 0.881. The summed E-state index contributed by atoms with van der Waals surface area (Å²) in [6.45, 7) is 2.04. The van der Waals surface area contributed by atoms with Gasteiger partial charge in [-0.2, -0.15) is 5.26 Å². The van der Waals surface area contributed by atoms with Crippen LogP contribution in [0.4, 0.5) is 0 Å². The van der Waals surface area contributed by atoms with Crippen molar-refractivity contribution in [3.8, 4) is 6.07 Å².